The van der Waals surface area contributed by atoms with Crippen LogP contribution in [0.1, 0.15) is 159 Å². The van der Waals surface area contributed by atoms with Crippen LogP contribution in [0.4, 0.5) is 30.2 Å². The van der Waals surface area contributed by atoms with Crippen molar-refractivity contribution in [2.75, 3.05) is 51.7 Å². The number of guanidine groups is 2. The van der Waals surface area contributed by atoms with Crippen molar-refractivity contribution in [2.45, 2.75) is 217 Å². The van der Waals surface area contributed by atoms with Crippen molar-refractivity contribution in [3.05, 3.63) is 150 Å². The third-order valence-electron chi connectivity index (χ3n) is 21.1. The first-order chi connectivity index (χ1) is 62.4. The van der Waals surface area contributed by atoms with Crippen molar-refractivity contribution in [3.8, 4) is 5.75 Å². The summed E-state index contributed by atoms with van der Waals surface area (Å²) in [7, 11) is 1.42. The lowest BCUT2D eigenvalue weighted by Crippen LogP contribution is -2.61. The molecule has 4 aromatic carbocycles. The van der Waals surface area contributed by atoms with Crippen molar-refractivity contribution in [1.29, 1.82) is 10.8 Å². The average Bonchev–Trinajstić information content (AvgIpc) is 0.900. The predicted molar refractivity (Wildman–Crippen MR) is 478 cm³/mol. The van der Waals surface area contributed by atoms with Crippen molar-refractivity contribution < 1.29 is 99.6 Å². The Bertz CT molecular complexity index is 4880. The molecule has 132 heavy (non-hydrogen) atoms. The number of non-ortho nitro benzene ring substituents is 1. The SMILES string of the molecule is CC[C@H](C)[C@H](NC(=O)[C@@H]1CCCN1C(=O)[C@H](CCCCN)NC(=O)CNC(=O)c1cc(=O)oc2cc(OC)ccc12)C(=O)N[C@@H](CC(C)C)C(=O)N[C@@H](Cc1ccccc1)C(=O)N[C@@H](Cc1ccccc1)C(=O)N[C@@H](CCCNC(=N)N)C(=O)N[C@@H](CC(C)C)C(=O)N[C@@H](CCCCNc1ccc([N+](=O)[O-])cc1[N+](=O)[O-])C(=O)N[C@H](CCCNC(=N)N)C(N)=O.O=C(O)C(F)(F)F. The Balaban J connectivity index is 0.00000422. The molecule has 11 atom stereocenters. The summed E-state index contributed by atoms with van der Waals surface area (Å²) < 4.78 is 42.2. The number of unbranched alkanes of at least 4 members (excludes halogenated alkanes) is 2. The molecule has 1 aromatic heterocycles. The molecule has 6 rings (SSSR count). The Morgan fingerprint density at radius 2 is 1.05 bits per heavy atom. The maximum absolute atomic E-state index is 15.3. The van der Waals surface area contributed by atoms with Crippen molar-refractivity contribution in [3.63, 3.8) is 0 Å². The second-order valence-electron chi connectivity index (χ2n) is 32.4. The van der Waals surface area contributed by atoms with E-state index >= 15 is 19.2 Å². The number of aliphatic carboxylic acids is 1. The van der Waals surface area contributed by atoms with E-state index in [1.54, 1.807) is 108 Å². The van der Waals surface area contributed by atoms with E-state index in [-0.39, 0.29) is 156 Å². The number of hydrogen-bond acceptors (Lipinski definition) is 24. The number of nitrogens with one attached hydrogen (secondary N) is 15. The van der Waals surface area contributed by atoms with Crippen molar-refractivity contribution in [1.82, 2.24) is 68.7 Å². The van der Waals surface area contributed by atoms with Gasteiger partial charge >= 0.3 is 17.8 Å². The molecule has 0 radical (unpaired) electrons. The number of nitrogens with zero attached hydrogens (tertiary/aromatic N) is 3. The minimum Gasteiger partial charge on any atom is -0.497 e. The van der Waals surface area contributed by atoms with Crippen molar-refractivity contribution in [2.24, 2.45) is 40.7 Å². The molecule has 0 aliphatic carbocycles. The molecule has 1 aliphatic heterocycles. The first kappa shape index (κ1) is 108. The van der Waals surface area contributed by atoms with E-state index in [4.69, 9.17) is 52.8 Å². The molecule has 0 unspecified atom stereocenters. The smallest absolute Gasteiger partial charge is 0.490 e. The largest absolute Gasteiger partial charge is 0.497 e. The summed E-state index contributed by atoms with van der Waals surface area (Å²) in [5.41, 5.74) is 21.8. The number of carboxylic acids is 1. The van der Waals surface area contributed by atoms with Crippen LogP contribution in [0.2, 0.25) is 0 Å². The number of alkyl halides is 3. The highest BCUT2D eigenvalue weighted by molar-refractivity contribution is 6.07. The summed E-state index contributed by atoms with van der Waals surface area (Å²) in [4.78, 5) is 218. The van der Waals surface area contributed by atoms with Gasteiger partial charge in [0.15, 0.2) is 11.9 Å². The van der Waals surface area contributed by atoms with Crippen LogP contribution in [0.15, 0.2) is 112 Å². The van der Waals surface area contributed by atoms with Crippen molar-refractivity contribution >= 4 is 117 Å². The quantitative estimate of drug-likeness (QED) is 0.00663. The number of amides is 12. The molecule has 0 spiro atoms. The number of carbonyl (C=O) groups is 13. The third kappa shape index (κ3) is 36.8. The standard InChI is InChI=1S/C84H120N22O19.C2HF3O2/c1-8-50(6)71(103-80(117)66-30-21-39-104(66)82(119)61(27-15-17-35-85)95-69(107)47-94-73(110)56-46-70(108)125-68-45-54(124-7)32-33-55(56)68)81(118)102-63(41-49(4)5)77(114)100-65(43-52-24-13-10-14-25-52)79(116)101-64(42-51-22-11-9-12-23-51)78(115)98-60(29-20-38-93-84(89)90)75(112)99-62(40-48(2)3)76(113)97-59(74(111)96-58(72(86)109)28-19-37-92-83(87)88)26-16-18-36-91-57-34-31-53(105(120)121)44-67(57)106(122)123;3-2(4,5)1(6)7/h9-14,22-25,31-34,44-46,48-50,58-66,71,91H,8,15-21,26-30,35-43,47,85H2,1-7H3,(H2,86,109)(H,94,110)(H,95,107)(H,96,111)(H,97,113)(H,98,115)(H,99,112)(H,100,114)(H,101,116)(H,102,118)(H,103,117)(H4,87,88,92)(H4,89,90,93);(H,6,7)/t50-,58+,59-,60-,61-,62-,63-,64-,65-,66-,71-;/m0./s1. The van der Waals surface area contributed by atoms with Crippen LogP contribution >= 0.6 is 0 Å². The third-order valence-corrected chi connectivity index (χ3v) is 21.1. The number of nitro benzene ring substituents is 2. The Morgan fingerprint density at radius 1 is 0.576 bits per heavy atom. The van der Waals surface area contributed by atoms with Gasteiger partial charge in [0, 0.05) is 62.6 Å². The molecule has 1 saturated heterocycles. The molecule has 24 N–H and O–H groups in total. The van der Waals surface area contributed by atoms with Gasteiger partial charge in [-0.15, -0.1) is 0 Å². The monoisotopic (exact) mass is 1850 g/mol. The van der Waals surface area contributed by atoms with E-state index in [0.29, 0.717) is 42.6 Å². The van der Waals surface area contributed by atoms with Crippen LogP contribution in [0.3, 0.4) is 0 Å². The molecule has 1 aliphatic rings. The molecule has 0 saturated carbocycles. The lowest BCUT2D eigenvalue weighted by atomic mass is 9.96. The first-order valence-electron chi connectivity index (χ1n) is 43.1. The zero-order valence-corrected chi connectivity index (χ0v) is 74.5. The molecule has 46 heteroatoms. The maximum atomic E-state index is 15.3. The van der Waals surface area contributed by atoms with Gasteiger partial charge in [-0.05, 0) is 144 Å². The number of carbonyl (C=O) groups excluding carboxylic acids is 12. The number of ether oxygens (including phenoxy) is 1. The van der Waals surface area contributed by atoms with E-state index < -0.39 is 189 Å². The average molecular weight is 1860 g/mol. The van der Waals surface area contributed by atoms with Gasteiger partial charge in [-0.25, -0.2) is 9.59 Å². The van der Waals surface area contributed by atoms with Crippen LogP contribution in [-0.2, 0) is 70.4 Å². The number of methoxy groups -OCH3 is 1. The van der Waals surface area contributed by atoms with Gasteiger partial charge < -0.3 is 111 Å². The maximum Gasteiger partial charge on any atom is 0.490 e. The normalized spacial score (nSPS) is 14.6. The number of benzene rings is 4. The van der Waals surface area contributed by atoms with E-state index in [1.807, 2.05) is 0 Å². The van der Waals surface area contributed by atoms with E-state index in [1.165, 1.54) is 30.2 Å². The molecule has 722 valence electrons. The second-order valence-corrected chi connectivity index (χ2v) is 32.4. The lowest BCUT2D eigenvalue weighted by Gasteiger charge is -2.32. The number of primary amides is 1. The molecule has 43 nitrogen and oxygen atoms in total. The number of carboxylic acid groups (broad SMARTS) is 1. The van der Waals surface area contributed by atoms with Gasteiger partial charge in [-0.1, -0.05) is 109 Å². The number of fused-ring (bicyclic) bond motifs is 1. The fourth-order valence-corrected chi connectivity index (χ4v) is 14.1. The van der Waals surface area contributed by atoms with Gasteiger partial charge in [-0.3, -0.25) is 88.6 Å². The highest BCUT2D eigenvalue weighted by Crippen LogP contribution is 2.30. The van der Waals surface area contributed by atoms with Crippen LogP contribution in [0.5, 0.6) is 5.75 Å². The number of nitro groups is 2. The van der Waals surface area contributed by atoms with E-state index in [0.717, 1.165) is 18.2 Å². The molecule has 0 bridgehead atoms. The van der Waals surface area contributed by atoms with E-state index in [2.05, 4.69) is 69.1 Å². The molecular formula is C86H121F3N22O21. The number of halogens is 3. The van der Waals surface area contributed by atoms with Crippen LogP contribution in [0.25, 0.3) is 11.0 Å². The molecule has 2 heterocycles. The fourth-order valence-electron chi connectivity index (χ4n) is 14.1. The first-order valence-corrected chi connectivity index (χ1v) is 43.1. The van der Waals surface area contributed by atoms with Gasteiger partial charge in [0.2, 0.25) is 65.0 Å². The van der Waals surface area contributed by atoms with Gasteiger partial charge in [-0.2, -0.15) is 13.2 Å². The molecule has 12 amide bonds. The summed E-state index contributed by atoms with van der Waals surface area (Å²) >= 11 is 0. The number of likely N-dealkylation sites (tertiary alicyclic amines) is 1. The van der Waals surface area contributed by atoms with Crippen LogP contribution in [-0.4, -0.2) is 222 Å². The zero-order valence-electron chi connectivity index (χ0n) is 74.5. The summed E-state index contributed by atoms with van der Waals surface area (Å²) in [6.45, 7) is 10.6. The molecule has 5 aromatic rings. The second kappa shape index (κ2) is 54.4. The number of hydrogen-bond donors (Lipinski definition) is 20. The van der Waals surface area contributed by atoms with Gasteiger partial charge in [0.25, 0.3) is 17.3 Å². The zero-order chi connectivity index (χ0) is 98.1. The number of nitrogens with two attached hydrogens (primary N) is 4. The predicted octanol–water partition coefficient (Wildman–Crippen LogP) is 2.38. The number of anilines is 1. The van der Waals surface area contributed by atoms with Gasteiger partial charge in [0.05, 0.1) is 35.1 Å². The molecule has 1 fully saturated rings. The van der Waals surface area contributed by atoms with E-state index in [9.17, 15) is 76.6 Å². The topological polar surface area (TPSA) is 679 Å². The Kier molecular flexibility index (Phi) is 44.7. The van der Waals surface area contributed by atoms with Gasteiger partial charge in [0.1, 0.15) is 77.4 Å². The Hall–Kier alpha value is -14.1. The summed E-state index contributed by atoms with van der Waals surface area (Å²) in [6.07, 6.45) is -3.39. The minimum atomic E-state index is -5.08. The number of rotatable bonds is 53. The van der Waals surface area contributed by atoms with Crippen LogP contribution in [0, 0.1) is 48.8 Å². The highest BCUT2D eigenvalue weighted by Gasteiger charge is 2.42. The Labute approximate surface area is 758 Å². The summed E-state index contributed by atoms with van der Waals surface area (Å²) in [6, 6.07) is 12.0. The Morgan fingerprint density at radius 3 is 1.54 bits per heavy atom. The fraction of sp³-hybridized carbons (Fsp3) is 0.512. The minimum absolute atomic E-state index is 0.00529. The summed E-state index contributed by atoms with van der Waals surface area (Å²) in [5.74, 6) is -14.1. The highest BCUT2D eigenvalue weighted by atomic mass is 19.4. The van der Waals surface area contributed by atoms with Crippen LogP contribution < -0.4 is 102 Å². The lowest BCUT2D eigenvalue weighted by molar-refractivity contribution is -0.393. The molecular weight excluding hydrogens is 1730 g/mol. The summed E-state index contributed by atoms with van der Waals surface area (Å²) in [5, 5.41) is 81.5.